The van der Waals surface area contributed by atoms with Crippen molar-refractivity contribution in [2.45, 2.75) is 20.8 Å². The third kappa shape index (κ3) is 4.92. The zero-order valence-electron chi connectivity index (χ0n) is 11.4. The van der Waals surface area contributed by atoms with E-state index in [1.165, 1.54) is 12.1 Å². The van der Waals surface area contributed by atoms with Crippen molar-refractivity contribution in [1.82, 2.24) is 0 Å². The predicted molar refractivity (Wildman–Crippen MR) is 72.1 cm³/mol. The standard InChI is InChI=1S/C6H3ClF.3C2H4O2.Pb/c7-5-3-1-2-4-6(5)8;3*1-2(3)4;/h1,3-4H;3*1H3,(H,3,4);/q;;;;+3/p-3. The second-order valence-electron chi connectivity index (χ2n) is 3.97. The SMILES string of the molecule is CC(=O)[O][Pb]([O]C(C)=O)([O]C(C)=O)[c]1ccc(Cl)c(F)c1. The first-order valence-corrected chi connectivity index (χ1v) is 12.8. The normalized spacial score (nSPS) is 10.7. The van der Waals surface area contributed by atoms with E-state index in [9.17, 15) is 18.8 Å². The molecule has 0 saturated heterocycles. The van der Waals surface area contributed by atoms with Crippen LogP contribution in [0.25, 0.3) is 0 Å². The second kappa shape index (κ2) is 7.16. The average Bonchev–Trinajstić information content (AvgIpc) is 2.29. The molecule has 6 nitrogen and oxygen atoms in total. The molecule has 0 aromatic heterocycles. The van der Waals surface area contributed by atoms with Crippen molar-refractivity contribution in [1.29, 1.82) is 0 Å². The molecule has 0 amide bonds. The second-order valence-corrected chi connectivity index (χ2v) is 13.3. The molecule has 0 atom stereocenters. The van der Waals surface area contributed by atoms with E-state index in [-0.39, 0.29) is 8.15 Å². The summed E-state index contributed by atoms with van der Waals surface area (Å²) in [6, 6.07) is 3.41. The molecular formula is C12H12ClFO6Pb. The Labute approximate surface area is 131 Å². The van der Waals surface area contributed by atoms with Gasteiger partial charge in [0, 0.05) is 0 Å². The molecule has 0 saturated carbocycles. The maximum atomic E-state index is 13.6. The molecule has 21 heavy (non-hydrogen) atoms. The van der Waals surface area contributed by atoms with E-state index in [1.807, 2.05) is 0 Å². The van der Waals surface area contributed by atoms with Crippen molar-refractivity contribution in [3.63, 3.8) is 0 Å². The van der Waals surface area contributed by atoms with E-state index in [0.29, 0.717) is 0 Å². The Morgan fingerprint density at radius 3 is 1.76 bits per heavy atom. The van der Waals surface area contributed by atoms with Gasteiger partial charge in [0.1, 0.15) is 0 Å². The molecular weight excluding hydrogens is 502 g/mol. The van der Waals surface area contributed by atoms with Gasteiger partial charge in [-0.15, -0.1) is 0 Å². The fourth-order valence-electron chi connectivity index (χ4n) is 1.49. The van der Waals surface area contributed by atoms with Crippen LogP contribution in [0.5, 0.6) is 0 Å². The molecule has 0 bridgehead atoms. The Hall–Kier alpha value is -1.23. The molecule has 0 spiro atoms. The number of hydrogen-bond acceptors (Lipinski definition) is 6. The summed E-state index contributed by atoms with van der Waals surface area (Å²) in [5.74, 6) is -3.25. The van der Waals surface area contributed by atoms with Crippen LogP contribution in [0.1, 0.15) is 20.8 Å². The van der Waals surface area contributed by atoms with Crippen LogP contribution in [0.2, 0.25) is 5.02 Å². The van der Waals surface area contributed by atoms with Gasteiger partial charge in [-0.1, -0.05) is 0 Å². The van der Waals surface area contributed by atoms with Gasteiger partial charge in [-0.2, -0.15) is 0 Å². The monoisotopic (exact) mass is 514 g/mol. The van der Waals surface area contributed by atoms with Crippen molar-refractivity contribution >= 4 is 55.2 Å². The fourth-order valence-corrected chi connectivity index (χ4v) is 10.2. The van der Waals surface area contributed by atoms with Gasteiger partial charge in [0.25, 0.3) is 0 Å². The molecule has 0 fully saturated rings. The number of hydrogen-bond donors (Lipinski definition) is 0. The van der Waals surface area contributed by atoms with Gasteiger partial charge in [-0.05, 0) is 0 Å². The summed E-state index contributed by atoms with van der Waals surface area (Å²) in [5, 5.41) is -0.172. The molecule has 0 radical (unpaired) electrons. The summed E-state index contributed by atoms with van der Waals surface area (Å²) in [6.07, 6.45) is 0. The third-order valence-electron chi connectivity index (χ3n) is 2.11. The van der Waals surface area contributed by atoms with Crippen LogP contribution < -0.4 is 3.12 Å². The van der Waals surface area contributed by atoms with Gasteiger partial charge in [-0.3, -0.25) is 0 Å². The third-order valence-corrected chi connectivity index (χ3v) is 12.9. The van der Waals surface area contributed by atoms with Gasteiger partial charge >= 0.3 is 132 Å². The number of carbonyl (C=O) groups is 3. The van der Waals surface area contributed by atoms with E-state index < -0.39 is 46.3 Å². The number of rotatable bonds is 4. The van der Waals surface area contributed by atoms with Gasteiger partial charge in [-0.25, -0.2) is 0 Å². The van der Waals surface area contributed by atoms with Crippen LogP contribution in [0.3, 0.4) is 0 Å². The van der Waals surface area contributed by atoms with Crippen LogP contribution in [0.15, 0.2) is 18.2 Å². The number of halogens is 2. The summed E-state index contributed by atoms with van der Waals surface area (Å²) >= 11 is 0.257. The Morgan fingerprint density at radius 2 is 1.43 bits per heavy atom. The maximum absolute atomic E-state index is 13.6. The quantitative estimate of drug-likeness (QED) is 0.565. The topological polar surface area (TPSA) is 78.9 Å². The fraction of sp³-hybridized carbons (Fsp3) is 0.250. The van der Waals surface area contributed by atoms with Crippen molar-refractivity contribution in [2.24, 2.45) is 0 Å². The van der Waals surface area contributed by atoms with E-state index >= 15 is 0 Å². The Bertz CT molecular complexity index is 550. The van der Waals surface area contributed by atoms with Crippen LogP contribution >= 0.6 is 11.6 Å². The molecule has 9 heteroatoms. The van der Waals surface area contributed by atoms with Crippen molar-refractivity contribution in [3.05, 3.63) is 29.0 Å². The average molecular weight is 514 g/mol. The zero-order valence-corrected chi connectivity index (χ0v) is 16.1. The minimum absolute atomic E-state index is 0.00463. The molecule has 0 heterocycles. The van der Waals surface area contributed by atoms with Crippen LogP contribution in [-0.2, 0) is 22.4 Å². The van der Waals surface area contributed by atoms with Crippen LogP contribution in [-0.4, -0.2) is 40.4 Å². The molecule has 1 rings (SSSR count). The van der Waals surface area contributed by atoms with E-state index in [0.717, 1.165) is 26.8 Å². The summed E-state index contributed by atoms with van der Waals surface area (Å²) in [7, 11) is 0. The predicted octanol–water partition coefficient (Wildman–Crippen LogP) is 1.31. The minimum atomic E-state index is -5.32. The Morgan fingerprint density at radius 1 is 1.00 bits per heavy atom. The first-order chi connectivity index (χ1) is 9.66. The van der Waals surface area contributed by atoms with Crippen molar-refractivity contribution in [3.8, 4) is 0 Å². The van der Waals surface area contributed by atoms with Crippen LogP contribution in [0, 0.1) is 5.82 Å². The first kappa shape index (κ1) is 17.8. The summed E-state index contributed by atoms with van der Waals surface area (Å²) in [4.78, 5) is 33.8. The molecule has 0 unspecified atom stereocenters. The molecule has 1 aromatic rings. The van der Waals surface area contributed by atoms with E-state index in [2.05, 4.69) is 0 Å². The number of carbonyl (C=O) groups excluding carboxylic acids is 3. The molecule has 114 valence electrons. The zero-order chi connectivity index (χ0) is 16.2. The van der Waals surface area contributed by atoms with Gasteiger partial charge in [0.15, 0.2) is 0 Å². The summed E-state index contributed by atoms with van der Waals surface area (Å²) < 4.78 is 28.7. The van der Waals surface area contributed by atoms with E-state index in [4.69, 9.17) is 19.7 Å². The Kier molecular flexibility index (Phi) is 6.08. The summed E-state index contributed by atoms with van der Waals surface area (Å²) in [6.45, 7) is 3.19. The first-order valence-electron chi connectivity index (χ1n) is 5.70. The van der Waals surface area contributed by atoms with Gasteiger partial charge in [0.2, 0.25) is 0 Å². The van der Waals surface area contributed by atoms with Crippen LogP contribution in [0.4, 0.5) is 4.39 Å². The summed E-state index contributed by atoms with van der Waals surface area (Å²) in [5.41, 5.74) is 0. The van der Waals surface area contributed by atoms with E-state index in [1.54, 1.807) is 0 Å². The van der Waals surface area contributed by atoms with Crippen molar-refractivity contribution < 1.29 is 26.8 Å². The number of benzene rings is 1. The van der Waals surface area contributed by atoms with Gasteiger partial charge in [0.05, 0.1) is 0 Å². The van der Waals surface area contributed by atoms with Crippen molar-refractivity contribution in [2.75, 3.05) is 0 Å². The molecule has 0 aliphatic heterocycles. The molecule has 0 N–H and O–H groups in total. The molecule has 1 aromatic carbocycles. The Balaban J connectivity index is 3.43. The molecule has 0 aliphatic rings. The molecule has 0 aliphatic carbocycles. The van der Waals surface area contributed by atoms with Gasteiger partial charge < -0.3 is 0 Å².